The predicted molar refractivity (Wildman–Crippen MR) is 59.0 cm³/mol. The summed E-state index contributed by atoms with van der Waals surface area (Å²) in [5.41, 5.74) is 0.988. The van der Waals surface area contributed by atoms with Crippen molar-refractivity contribution in [1.82, 2.24) is 10.3 Å². The van der Waals surface area contributed by atoms with E-state index in [-0.39, 0.29) is 0 Å². The number of methoxy groups -OCH3 is 1. The Kier molecular flexibility index (Phi) is 5.73. The van der Waals surface area contributed by atoms with Gasteiger partial charge in [-0.05, 0) is 13.1 Å². The van der Waals surface area contributed by atoms with E-state index in [0.29, 0.717) is 6.61 Å². The highest BCUT2D eigenvalue weighted by atomic mass is 16.5. The second-order valence-electron chi connectivity index (χ2n) is 3.21. The van der Waals surface area contributed by atoms with Gasteiger partial charge in [0.1, 0.15) is 5.75 Å². The predicted octanol–water partition coefficient (Wildman–Crippen LogP) is 1.22. The summed E-state index contributed by atoms with van der Waals surface area (Å²) in [7, 11) is 3.59. The van der Waals surface area contributed by atoms with Gasteiger partial charge in [-0.1, -0.05) is 0 Å². The average molecular weight is 210 g/mol. The fraction of sp³-hybridized carbons (Fsp3) is 0.545. The van der Waals surface area contributed by atoms with E-state index in [0.717, 1.165) is 31.0 Å². The van der Waals surface area contributed by atoms with Gasteiger partial charge in [-0.15, -0.1) is 0 Å². The number of aromatic nitrogens is 1. The van der Waals surface area contributed by atoms with Crippen LogP contribution in [0.4, 0.5) is 0 Å². The number of ether oxygens (including phenoxy) is 2. The maximum Gasteiger partial charge on any atom is 0.122 e. The average Bonchev–Trinajstić information content (AvgIpc) is 2.26. The summed E-state index contributed by atoms with van der Waals surface area (Å²) in [6, 6.07) is 3.81. The molecule has 0 saturated carbocycles. The van der Waals surface area contributed by atoms with E-state index in [1.807, 2.05) is 19.2 Å². The van der Waals surface area contributed by atoms with Gasteiger partial charge in [0.05, 0.1) is 12.3 Å². The van der Waals surface area contributed by atoms with Crippen LogP contribution in [0.2, 0.25) is 0 Å². The van der Waals surface area contributed by atoms with Crippen molar-refractivity contribution in [3.63, 3.8) is 0 Å². The first-order valence-corrected chi connectivity index (χ1v) is 5.08. The van der Waals surface area contributed by atoms with Crippen LogP contribution in [0.25, 0.3) is 0 Å². The van der Waals surface area contributed by atoms with Crippen LogP contribution < -0.4 is 10.1 Å². The number of hydrogen-bond acceptors (Lipinski definition) is 4. The molecule has 0 aromatic carbocycles. The summed E-state index contributed by atoms with van der Waals surface area (Å²) in [6.07, 6.45) is 2.67. The molecule has 0 aliphatic heterocycles. The van der Waals surface area contributed by atoms with Crippen LogP contribution in [-0.2, 0) is 11.3 Å². The topological polar surface area (TPSA) is 43.4 Å². The van der Waals surface area contributed by atoms with E-state index in [9.17, 15) is 0 Å². The summed E-state index contributed by atoms with van der Waals surface area (Å²) in [4.78, 5) is 4.21. The zero-order valence-electron chi connectivity index (χ0n) is 9.32. The lowest BCUT2D eigenvalue weighted by molar-refractivity contribution is 0.172. The van der Waals surface area contributed by atoms with Gasteiger partial charge >= 0.3 is 0 Å². The van der Waals surface area contributed by atoms with Crippen LogP contribution in [0, 0.1) is 0 Å². The second kappa shape index (κ2) is 7.20. The second-order valence-corrected chi connectivity index (χ2v) is 3.21. The molecule has 1 aromatic heterocycles. The minimum absolute atomic E-state index is 0.677. The van der Waals surface area contributed by atoms with Crippen molar-refractivity contribution in [2.75, 3.05) is 27.4 Å². The van der Waals surface area contributed by atoms with E-state index in [4.69, 9.17) is 9.47 Å². The standard InChI is InChI=1S/C11H18N2O2/c1-12-9-10-8-11(4-5-13-10)15-7-3-6-14-2/h4-5,8,12H,3,6-7,9H2,1-2H3. The van der Waals surface area contributed by atoms with Gasteiger partial charge in [-0.3, -0.25) is 4.98 Å². The van der Waals surface area contributed by atoms with Crippen molar-refractivity contribution in [1.29, 1.82) is 0 Å². The quantitative estimate of drug-likeness (QED) is 0.687. The minimum atomic E-state index is 0.677. The molecule has 0 fully saturated rings. The maximum atomic E-state index is 5.55. The number of hydrogen-bond donors (Lipinski definition) is 1. The van der Waals surface area contributed by atoms with Crippen molar-refractivity contribution in [2.45, 2.75) is 13.0 Å². The first-order chi connectivity index (χ1) is 7.36. The SMILES string of the molecule is CNCc1cc(OCCCOC)ccn1. The Balaban J connectivity index is 2.36. The van der Waals surface area contributed by atoms with E-state index < -0.39 is 0 Å². The smallest absolute Gasteiger partial charge is 0.122 e. The Bertz CT molecular complexity index is 279. The Morgan fingerprint density at radius 1 is 1.40 bits per heavy atom. The molecule has 0 unspecified atom stereocenters. The molecule has 1 aromatic rings. The summed E-state index contributed by atoms with van der Waals surface area (Å²) in [5.74, 6) is 0.867. The molecule has 0 amide bonds. The molecule has 0 aliphatic carbocycles. The molecular formula is C11H18N2O2. The van der Waals surface area contributed by atoms with Gasteiger partial charge in [0.15, 0.2) is 0 Å². The zero-order valence-corrected chi connectivity index (χ0v) is 9.32. The Labute approximate surface area is 90.6 Å². The van der Waals surface area contributed by atoms with Gasteiger partial charge in [0, 0.05) is 38.9 Å². The zero-order chi connectivity index (χ0) is 10.9. The third-order valence-electron chi connectivity index (χ3n) is 1.91. The lowest BCUT2D eigenvalue weighted by Gasteiger charge is -2.06. The van der Waals surface area contributed by atoms with E-state index in [2.05, 4.69) is 10.3 Å². The normalized spacial score (nSPS) is 10.3. The summed E-state index contributed by atoms with van der Waals surface area (Å²) in [5, 5.41) is 3.05. The molecule has 4 nitrogen and oxygen atoms in total. The van der Waals surface area contributed by atoms with Crippen LogP contribution >= 0.6 is 0 Å². The molecule has 1 rings (SSSR count). The lowest BCUT2D eigenvalue weighted by atomic mass is 10.3. The maximum absolute atomic E-state index is 5.55. The summed E-state index contributed by atoms with van der Waals surface area (Å²) in [6.45, 7) is 2.17. The minimum Gasteiger partial charge on any atom is -0.493 e. The molecule has 84 valence electrons. The molecule has 0 radical (unpaired) electrons. The van der Waals surface area contributed by atoms with Gasteiger partial charge in [0.25, 0.3) is 0 Å². The Morgan fingerprint density at radius 2 is 2.27 bits per heavy atom. The molecule has 15 heavy (non-hydrogen) atoms. The van der Waals surface area contributed by atoms with Crippen LogP contribution in [-0.4, -0.2) is 32.4 Å². The van der Waals surface area contributed by atoms with Crippen molar-refractivity contribution in [3.8, 4) is 5.75 Å². The van der Waals surface area contributed by atoms with Gasteiger partial charge < -0.3 is 14.8 Å². The van der Waals surface area contributed by atoms with Crippen molar-refractivity contribution < 1.29 is 9.47 Å². The molecule has 0 aliphatic rings. The Morgan fingerprint density at radius 3 is 3.00 bits per heavy atom. The lowest BCUT2D eigenvalue weighted by Crippen LogP contribution is -2.07. The summed E-state index contributed by atoms with van der Waals surface area (Å²) >= 11 is 0. The van der Waals surface area contributed by atoms with Crippen molar-refractivity contribution in [3.05, 3.63) is 24.0 Å². The van der Waals surface area contributed by atoms with Crippen LogP contribution in [0.3, 0.4) is 0 Å². The third-order valence-corrected chi connectivity index (χ3v) is 1.91. The van der Waals surface area contributed by atoms with Gasteiger partial charge in [0.2, 0.25) is 0 Å². The van der Waals surface area contributed by atoms with E-state index in [1.165, 1.54) is 0 Å². The molecule has 4 heteroatoms. The molecule has 0 spiro atoms. The molecule has 0 saturated heterocycles. The highest BCUT2D eigenvalue weighted by molar-refractivity contribution is 5.22. The third kappa shape index (κ3) is 4.76. The fourth-order valence-corrected chi connectivity index (χ4v) is 1.22. The molecular weight excluding hydrogens is 192 g/mol. The van der Waals surface area contributed by atoms with E-state index >= 15 is 0 Å². The largest absolute Gasteiger partial charge is 0.493 e. The monoisotopic (exact) mass is 210 g/mol. The van der Waals surface area contributed by atoms with Crippen molar-refractivity contribution in [2.24, 2.45) is 0 Å². The fourth-order valence-electron chi connectivity index (χ4n) is 1.22. The van der Waals surface area contributed by atoms with Crippen LogP contribution in [0.1, 0.15) is 12.1 Å². The van der Waals surface area contributed by atoms with Gasteiger partial charge in [-0.2, -0.15) is 0 Å². The molecule has 0 atom stereocenters. The number of nitrogens with zero attached hydrogens (tertiary/aromatic N) is 1. The van der Waals surface area contributed by atoms with Crippen LogP contribution in [0.15, 0.2) is 18.3 Å². The highest BCUT2D eigenvalue weighted by Gasteiger charge is 1.97. The number of nitrogens with one attached hydrogen (secondary N) is 1. The van der Waals surface area contributed by atoms with Crippen LogP contribution in [0.5, 0.6) is 5.75 Å². The molecule has 0 bridgehead atoms. The highest BCUT2D eigenvalue weighted by Crippen LogP contribution is 2.10. The number of pyridine rings is 1. The number of rotatable bonds is 7. The summed E-state index contributed by atoms with van der Waals surface area (Å²) < 4.78 is 10.5. The first kappa shape index (κ1) is 11.9. The van der Waals surface area contributed by atoms with Crippen molar-refractivity contribution >= 4 is 0 Å². The Hall–Kier alpha value is -1.13. The molecule has 1 N–H and O–H groups in total. The van der Waals surface area contributed by atoms with Gasteiger partial charge in [-0.25, -0.2) is 0 Å². The molecule has 1 heterocycles. The van der Waals surface area contributed by atoms with E-state index in [1.54, 1.807) is 13.3 Å². The first-order valence-electron chi connectivity index (χ1n) is 5.08.